The van der Waals surface area contributed by atoms with Crippen molar-refractivity contribution < 1.29 is 0 Å². The van der Waals surface area contributed by atoms with Crippen LogP contribution >= 0.6 is 58.0 Å². The summed E-state index contributed by atoms with van der Waals surface area (Å²) in [5.74, 6) is 2.28. The predicted molar refractivity (Wildman–Crippen MR) is 59.4 cm³/mol. The van der Waals surface area contributed by atoms with E-state index >= 15 is 0 Å². The Balaban J connectivity index is 3.69. The lowest BCUT2D eigenvalue weighted by Crippen LogP contribution is -1.84. The van der Waals surface area contributed by atoms with Crippen molar-refractivity contribution in [1.82, 2.24) is 0 Å². The molecule has 0 saturated carbocycles. The number of terminal acetylenes is 1. The average molecular weight is 274 g/mol. The second-order valence-electron chi connectivity index (χ2n) is 2.09. The Morgan fingerprint density at radius 1 is 0.692 bits per heavy atom. The summed E-state index contributed by atoms with van der Waals surface area (Å²) in [6.07, 6.45) is 5.16. The van der Waals surface area contributed by atoms with Crippen LogP contribution in [-0.4, -0.2) is 0 Å². The van der Waals surface area contributed by atoms with Crippen molar-refractivity contribution in [3.05, 3.63) is 30.7 Å². The van der Waals surface area contributed by atoms with Crippen LogP contribution in [0.15, 0.2) is 0 Å². The Hall–Kier alpha value is 0.230. The highest BCUT2D eigenvalue weighted by Crippen LogP contribution is 2.43. The Kier molecular flexibility index (Phi) is 3.63. The molecule has 0 unspecified atom stereocenters. The van der Waals surface area contributed by atoms with E-state index in [0.29, 0.717) is 0 Å². The minimum Gasteiger partial charge on any atom is -0.115 e. The zero-order valence-electron chi connectivity index (χ0n) is 5.97. The standard InChI is InChI=1S/C8HCl5/c1-2-3-4(9)6(11)8(13)7(12)5(3)10/h1H. The number of benzene rings is 1. The Morgan fingerprint density at radius 3 is 1.31 bits per heavy atom. The summed E-state index contributed by atoms with van der Waals surface area (Å²) in [6, 6.07) is 0. The zero-order valence-corrected chi connectivity index (χ0v) is 9.75. The molecule has 1 aromatic rings. The van der Waals surface area contributed by atoms with Crippen LogP contribution in [0.4, 0.5) is 0 Å². The molecule has 0 amide bonds. The first-order valence-electron chi connectivity index (χ1n) is 2.98. The van der Waals surface area contributed by atoms with Crippen LogP contribution in [0.5, 0.6) is 0 Å². The lowest BCUT2D eigenvalue weighted by Gasteiger charge is -2.07. The van der Waals surface area contributed by atoms with E-state index in [9.17, 15) is 0 Å². The molecule has 0 N–H and O–H groups in total. The van der Waals surface area contributed by atoms with E-state index in [2.05, 4.69) is 5.92 Å². The smallest absolute Gasteiger partial charge is 0.0809 e. The Labute approximate surface area is 101 Å². The minimum atomic E-state index is 0.109. The average Bonchev–Trinajstić information content (AvgIpc) is 2.13. The normalized spacial score (nSPS) is 9.85. The summed E-state index contributed by atoms with van der Waals surface area (Å²) < 4.78 is 0. The number of hydrogen-bond donors (Lipinski definition) is 0. The lowest BCUT2D eigenvalue weighted by molar-refractivity contribution is 1.64. The summed E-state index contributed by atoms with van der Waals surface area (Å²) in [5.41, 5.74) is 0.253. The van der Waals surface area contributed by atoms with Crippen molar-refractivity contribution in [3.8, 4) is 12.3 Å². The first-order valence-corrected chi connectivity index (χ1v) is 4.87. The Bertz CT molecular complexity index is 373. The highest BCUT2D eigenvalue weighted by Gasteiger charge is 2.17. The van der Waals surface area contributed by atoms with Crippen LogP contribution < -0.4 is 0 Å². The first kappa shape index (κ1) is 11.3. The van der Waals surface area contributed by atoms with Gasteiger partial charge in [0.2, 0.25) is 0 Å². The van der Waals surface area contributed by atoms with Crippen LogP contribution in [0.25, 0.3) is 0 Å². The third-order valence-electron chi connectivity index (χ3n) is 1.35. The third kappa shape index (κ3) is 1.86. The molecule has 0 aliphatic carbocycles. The molecular weight excluding hydrogens is 273 g/mol. The van der Waals surface area contributed by atoms with Crippen LogP contribution in [0.2, 0.25) is 25.1 Å². The van der Waals surface area contributed by atoms with Gasteiger partial charge in [-0.1, -0.05) is 63.9 Å². The molecule has 68 valence electrons. The van der Waals surface area contributed by atoms with Gasteiger partial charge in [0.15, 0.2) is 0 Å². The molecule has 0 heterocycles. The van der Waals surface area contributed by atoms with Crippen molar-refractivity contribution >= 4 is 58.0 Å². The lowest BCUT2D eigenvalue weighted by atomic mass is 10.2. The topological polar surface area (TPSA) is 0 Å². The van der Waals surface area contributed by atoms with Crippen molar-refractivity contribution in [3.63, 3.8) is 0 Å². The molecule has 0 aliphatic rings. The van der Waals surface area contributed by atoms with E-state index in [1.807, 2.05) is 0 Å². The molecule has 1 rings (SSSR count). The Morgan fingerprint density at radius 2 is 1.00 bits per heavy atom. The molecule has 0 aromatic heterocycles. The van der Waals surface area contributed by atoms with Crippen LogP contribution in [0.3, 0.4) is 0 Å². The molecule has 1 aromatic carbocycles. The highest BCUT2D eigenvalue weighted by molar-refractivity contribution is 6.55. The molecule has 5 heteroatoms. The van der Waals surface area contributed by atoms with Gasteiger partial charge in [0.1, 0.15) is 0 Å². The van der Waals surface area contributed by atoms with E-state index < -0.39 is 0 Å². The fourth-order valence-corrected chi connectivity index (χ4v) is 1.98. The maximum absolute atomic E-state index is 5.77. The van der Waals surface area contributed by atoms with Crippen LogP contribution in [0.1, 0.15) is 5.56 Å². The molecule has 0 spiro atoms. The van der Waals surface area contributed by atoms with Crippen molar-refractivity contribution in [1.29, 1.82) is 0 Å². The quantitative estimate of drug-likeness (QED) is 0.357. The molecule has 13 heavy (non-hydrogen) atoms. The van der Waals surface area contributed by atoms with Crippen LogP contribution in [0, 0.1) is 12.3 Å². The van der Waals surface area contributed by atoms with Gasteiger partial charge in [-0.2, -0.15) is 0 Å². The van der Waals surface area contributed by atoms with Crippen LogP contribution in [-0.2, 0) is 0 Å². The van der Waals surface area contributed by atoms with Gasteiger partial charge in [0, 0.05) is 0 Å². The van der Waals surface area contributed by atoms with Gasteiger partial charge >= 0.3 is 0 Å². The van der Waals surface area contributed by atoms with Gasteiger partial charge in [-0.3, -0.25) is 0 Å². The van der Waals surface area contributed by atoms with Gasteiger partial charge < -0.3 is 0 Å². The summed E-state index contributed by atoms with van der Waals surface area (Å²) >= 11 is 28.7. The summed E-state index contributed by atoms with van der Waals surface area (Å²) in [5, 5.41) is 0.626. The van der Waals surface area contributed by atoms with E-state index in [0.717, 1.165) is 0 Å². The maximum atomic E-state index is 5.77. The number of halogens is 5. The number of hydrogen-bond acceptors (Lipinski definition) is 0. The molecule has 0 fully saturated rings. The van der Waals surface area contributed by atoms with Crippen molar-refractivity contribution in [2.24, 2.45) is 0 Å². The van der Waals surface area contributed by atoms with E-state index in [-0.39, 0.29) is 30.7 Å². The molecule has 0 nitrogen and oxygen atoms in total. The largest absolute Gasteiger partial charge is 0.115 e. The molecule has 0 aliphatic heterocycles. The molecular formula is C8HCl5. The summed E-state index contributed by atoms with van der Waals surface area (Å²) in [4.78, 5) is 0. The fourth-order valence-electron chi connectivity index (χ4n) is 0.732. The summed E-state index contributed by atoms with van der Waals surface area (Å²) in [6.45, 7) is 0. The van der Waals surface area contributed by atoms with Crippen molar-refractivity contribution in [2.75, 3.05) is 0 Å². The second-order valence-corrected chi connectivity index (χ2v) is 3.98. The van der Waals surface area contributed by atoms with E-state index in [1.54, 1.807) is 0 Å². The highest BCUT2D eigenvalue weighted by atomic mass is 35.5. The SMILES string of the molecule is C#Cc1c(Cl)c(Cl)c(Cl)c(Cl)c1Cl. The minimum absolute atomic E-state index is 0.109. The van der Waals surface area contributed by atoms with Gasteiger partial charge in [-0.15, -0.1) is 6.42 Å². The van der Waals surface area contributed by atoms with Gasteiger partial charge in [0.05, 0.1) is 30.7 Å². The predicted octanol–water partition coefficient (Wildman–Crippen LogP) is 4.93. The molecule has 0 saturated heterocycles. The zero-order chi connectivity index (χ0) is 10.2. The second kappa shape index (κ2) is 4.17. The molecule has 0 radical (unpaired) electrons. The first-order chi connectivity index (χ1) is 6.00. The van der Waals surface area contributed by atoms with Gasteiger partial charge in [0.25, 0.3) is 0 Å². The third-order valence-corrected chi connectivity index (χ3v) is 3.63. The molecule has 0 atom stereocenters. The van der Waals surface area contributed by atoms with E-state index in [4.69, 9.17) is 64.4 Å². The fraction of sp³-hybridized carbons (Fsp3) is 0. The monoisotopic (exact) mass is 272 g/mol. The van der Waals surface area contributed by atoms with Crippen molar-refractivity contribution in [2.45, 2.75) is 0 Å². The molecule has 0 bridgehead atoms. The maximum Gasteiger partial charge on any atom is 0.0809 e. The van der Waals surface area contributed by atoms with E-state index in [1.165, 1.54) is 0 Å². The van der Waals surface area contributed by atoms with Gasteiger partial charge in [-0.05, 0) is 0 Å². The summed E-state index contributed by atoms with van der Waals surface area (Å²) in [7, 11) is 0. The number of rotatable bonds is 0. The van der Waals surface area contributed by atoms with Gasteiger partial charge in [-0.25, -0.2) is 0 Å².